The molecule has 2 nitrogen and oxygen atoms in total. The highest BCUT2D eigenvalue weighted by molar-refractivity contribution is 5.03. The second-order valence-electron chi connectivity index (χ2n) is 2.21. The Balaban J connectivity index is 3.81. The highest BCUT2D eigenvalue weighted by Gasteiger charge is 2.03. The molecule has 0 heterocycles. The summed E-state index contributed by atoms with van der Waals surface area (Å²) in [5.41, 5.74) is 11.3. The van der Waals surface area contributed by atoms with Gasteiger partial charge in [-0.2, -0.15) is 0 Å². The van der Waals surface area contributed by atoms with Crippen LogP contribution in [0.1, 0.15) is 13.8 Å². The molecule has 2 atom stereocenters. The van der Waals surface area contributed by atoms with Gasteiger partial charge in [0.15, 0.2) is 0 Å². The molecule has 0 radical (unpaired) electrons. The molecular weight excluding hydrogens is 124 g/mol. The molecule has 0 fully saturated rings. The Labute approximate surface area is 62.6 Å². The van der Waals surface area contributed by atoms with Crippen molar-refractivity contribution in [1.29, 1.82) is 0 Å². The minimum Gasteiger partial charge on any atom is -0.323 e. The summed E-state index contributed by atoms with van der Waals surface area (Å²) in [6.45, 7) is 3.87. The Kier molecular flexibility index (Phi) is 4.89. The summed E-state index contributed by atoms with van der Waals surface area (Å²) < 4.78 is 0. The lowest BCUT2D eigenvalue weighted by Crippen LogP contribution is -2.38. The Morgan fingerprint density at radius 3 is 1.40 bits per heavy atom. The molecule has 0 aliphatic rings. The predicted molar refractivity (Wildman–Crippen MR) is 45.6 cm³/mol. The SMILES string of the molecule is CC=CC(N)C(N)/C=C/C. The number of nitrogens with two attached hydrogens (primary N) is 2. The van der Waals surface area contributed by atoms with Gasteiger partial charge in [0.2, 0.25) is 0 Å². The largest absolute Gasteiger partial charge is 0.323 e. The van der Waals surface area contributed by atoms with Crippen LogP contribution in [0, 0.1) is 0 Å². The van der Waals surface area contributed by atoms with E-state index in [2.05, 4.69) is 0 Å². The van der Waals surface area contributed by atoms with E-state index in [1.807, 2.05) is 38.2 Å². The zero-order valence-electron chi connectivity index (χ0n) is 6.62. The van der Waals surface area contributed by atoms with Crippen molar-refractivity contribution in [1.82, 2.24) is 0 Å². The van der Waals surface area contributed by atoms with Gasteiger partial charge in [0.05, 0.1) is 0 Å². The van der Waals surface area contributed by atoms with Gasteiger partial charge in [-0.1, -0.05) is 24.3 Å². The van der Waals surface area contributed by atoms with Crippen molar-refractivity contribution >= 4 is 0 Å². The average Bonchev–Trinajstić information content (AvgIpc) is 1.89. The molecular formula is C8H16N2. The van der Waals surface area contributed by atoms with Crippen LogP contribution in [0.3, 0.4) is 0 Å². The lowest BCUT2D eigenvalue weighted by molar-refractivity contribution is 0.704. The average molecular weight is 140 g/mol. The van der Waals surface area contributed by atoms with Crippen LogP contribution in [0.5, 0.6) is 0 Å². The molecule has 0 aromatic rings. The van der Waals surface area contributed by atoms with Crippen molar-refractivity contribution in [2.75, 3.05) is 0 Å². The molecule has 0 saturated heterocycles. The van der Waals surface area contributed by atoms with E-state index in [4.69, 9.17) is 11.5 Å². The van der Waals surface area contributed by atoms with Crippen LogP contribution in [-0.4, -0.2) is 12.1 Å². The van der Waals surface area contributed by atoms with Crippen molar-refractivity contribution in [3.8, 4) is 0 Å². The summed E-state index contributed by atoms with van der Waals surface area (Å²) in [5, 5.41) is 0. The maximum Gasteiger partial charge on any atom is 0.0414 e. The molecule has 0 amide bonds. The maximum absolute atomic E-state index is 5.65. The molecule has 0 aromatic carbocycles. The predicted octanol–water partition coefficient (Wildman–Crippen LogP) is 0.793. The first-order chi connectivity index (χ1) is 4.72. The van der Waals surface area contributed by atoms with E-state index in [9.17, 15) is 0 Å². The monoisotopic (exact) mass is 140 g/mol. The van der Waals surface area contributed by atoms with Crippen LogP contribution in [0.15, 0.2) is 24.3 Å². The van der Waals surface area contributed by atoms with E-state index in [0.717, 1.165) is 0 Å². The van der Waals surface area contributed by atoms with E-state index in [1.165, 1.54) is 0 Å². The number of hydrogen-bond acceptors (Lipinski definition) is 2. The molecule has 0 spiro atoms. The molecule has 2 heteroatoms. The minimum atomic E-state index is -0.0544. The first kappa shape index (κ1) is 9.40. The van der Waals surface area contributed by atoms with E-state index in [-0.39, 0.29) is 12.1 Å². The lowest BCUT2D eigenvalue weighted by Gasteiger charge is -2.10. The minimum absolute atomic E-state index is 0.0544. The van der Waals surface area contributed by atoms with Gasteiger partial charge in [-0.05, 0) is 13.8 Å². The van der Waals surface area contributed by atoms with Gasteiger partial charge >= 0.3 is 0 Å². The second-order valence-corrected chi connectivity index (χ2v) is 2.21. The molecule has 10 heavy (non-hydrogen) atoms. The fourth-order valence-electron chi connectivity index (χ4n) is 0.701. The Morgan fingerprint density at radius 2 is 1.20 bits per heavy atom. The van der Waals surface area contributed by atoms with Crippen molar-refractivity contribution in [3.05, 3.63) is 24.3 Å². The second kappa shape index (κ2) is 5.21. The quantitative estimate of drug-likeness (QED) is 0.569. The first-order valence-electron chi connectivity index (χ1n) is 3.49. The fraction of sp³-hybridized carbons (Fsp3) is 0.500. The Morgan fingerprint density at radius 1 is 0.900 bits per heavy atom. The molecule has 0 bridgehead atoms. The molecule has 4 N–H and O–H groups in total. The van der Waals surface area contributed by atoms with Gasteiger partial charge in [-0.15, -0.1) is 0 Å². The van der Waals surface area contributed by atoms with E-state index >= 15 is 0 Å². The van der Waals surface area contributed by atoms with Crippen molar-refractivity contribution < 1.29 is 0 Å². The first-order valence-corrected chi connectivity index (χ1v) is 3.49. The van der Waals surface area contributed by atoms with Gasteiger partial charge in [0.25, 0.3) is 0 Å². The normalized spacial score (nSPS) is 18.4. The van der Waals surface area contributed by atoms with Gasteiger partial charge in [0, 0.05) is 12.1 Å². The van der Waals surface area contributed by atoms with Crippen LogP contribution in [-0.2, 0) is 0 Å². The Hall–Kier alpha value is -0.600. The lowest BCUT2D eigenvalue weighted by atomic mass is 10.1. The van der Waals surface area contributed by atoms with E-state index in [1.54, 1.807) is 0 Å². The molecule has 0 aromatic heterocycles. The van der Waals surface area contributed by atoms with Crippen LogP contribution < -0.4 is 11.5 Å². The Bertz CT molecular complexity index is 111. The summed E-state index contributed by atoms with van der Waals surface area (Å²) >= 11 is 0. The summed E-state index contributed by atoms with van der Waals surface area (Å²) in [6.07, 6.45) is 7.61. The smallest absolute Gasteiger partial charge is 0.0414 e. The van der Waals surface area contributed by atoms with Crippen LogP contribution in [0.25, 0.3) is 0 Å². The fourth-order valence-corrected chi connectivity index (χ4v) is 0.701. The molecule has 0 rings (SSSR count). The van der Waals surface area contributed by atoms with Gasteiger partial charge in [0.1, 0.15) is 0 Å². The molecule has 0 aliphatic carbocycles. The highest BCUT2D eigenvalue weighted by Crippen LogP contribution is 1.90. The summed E-state index contributed by atoms with van der Waals surface area (Å²) in [5.74, 6) is 0. The van der Waals surface area contributed by atoms with E-state index in [0.29, 0.717) is 0 Å². The number of allylic oxidation sites excluding steroid dienone is 2. The standard InChI is InChI=1S/C8H16N2/c1-3-5-7(9)8(10)6-4-2/h3-8H,9-10H2,1-2H3/b5-3+,6-4?. The molecule has 2 unspecified atom stereocenters. The van der Waals surface area contributed by atoms with Crippen LogP contribution in [0.4, 0.5) is 0 Å². The summed E-state index contributed by atoms with van der Waals surface area (Å²) in [7, 11) is 0. The van der Waals surface area contributed by atoms with Crippen molar-refractivity contribution in [2.24, 2.45) is 11.5 Å². The van der Waals surface area contributed by atoms with Gasteiger partial charge in [-0.3, -0.25) is 0 Å². The zero-order chi connectivity index (χ0) is 7.98. The summed E-state index contributed by atoms with van der Waals surface area (Å²) in [6, 6.07) is -0.109. The van der Waals surface area contributed by atoms with Crippen LogP contribution >= 0.6 is 0 Å². The zero-order valence-corrected chi connectivity index (χ0v) is 6.62. The topological polar surface area (TPSA) is 52.0 Å². The van der Waals surface area contributed by atoms with Crippen molar-refractivity contribution in [3.63, 3.8) is 0 Å². The number of hydrogen-bond donors (Lipinski definition) is 2. The third-order valence-electron chi connectivity index (χ3n) is 1.27. The highest BCUT2D eigenvalue weighted by atomic mass is 14.8. The van der Waals surface area contributed by atoms with Gasteiger partial charge in [-0.25, -0.2) is 0 Å². The van der Waals surface area contributed by atoms with Crippen LogP contribution in [0.2, 0.25) is 0 Å². The summed E-state index contributed by atoms with van der Waals surface area (Å²) in [4.78, 5) is 0. The molecule has 58 valence electrons. The third kappa shape index (κ3) is 3.43. The van der Waals surface area contributed by atoms with Crippen molar-refractivity contribution in [2.45, 2.75) is 25.9 Å². The molecule has 0 saturated carbocycles. The molecule has 0 aliphatic heterocycles. The van der Waals surface area contributed by atoms with E-state index < -0.39 is 0 Å². The third-order valence-corrected chi connectivity index (χ3v) is 1.27. The number of rotatable bonds is 3. The maximum atomic E-state index is 5.65. The van der Waals surface area contributed by atoms with Gasteiger partial charge < -0.3 is 11.5 Å².